The van der Waals surface area contributed by atoms with E-state index in [9.17, 15) is 9.59 Å². The third-order valence-corrected chi connectivity index (χ3v) is 5.09. The zero-order valence-corrected chi connectivity index (χ0v) is 16.6. The Bertz CT molecular complexity index is 648. The summed E-state index contributed by atoms with van der Waals surface area (Å²) in [6.45, 7) is 9.17. The molecule has 0 unspecified atom stereocenters. The first kappa shape index (κ1) is 19.5. The molecule has 27 heavy (non-hydrogen) atoms. The van der Waals surface area contributed by atoms with E-state index in [2.05, 4.69) is 16.0 Å². The average molecular weight is 374 g/mol. The van der Waals surface area contributed by atoms with Crippen molar-refractivity contribution in [1.29, 1.82) is 0 Å². The van der Waals surface area contributed by atoms with Gasteiger partial charge in [0.15, 0.2) is 0 Å². The van der Waals surface area contributed by atoms with Crippen LogP contribution in [0.5, 0.6) is 0 Å². The maximum Gasteiger partial charge on any atom is 0.410 e. The Balaban J connectivity index is 1.57. The minimum atomic E-state index is -0.472. The van der Waals surface area contributed by atoms with E-state index in [-0.39, 0.29) is 12.1 Å². The molecule has 2 amide bonds. The zero-order valence-electron chi connectivity index (χ0n) is 16.6. The fourth-order valence-electron chi connectivity index (χ4n) is 3.66. The van der Waals surface area contributed by atoms with Gasteiger partial charge in [-0.15, -0.1) is 0 Å². The maximum atomic E-state index is 12.2. The number of likely N-dealkylation sites (tertiary alicyclic amines) is 1. The van der Waals surface area contributed by atoms with Gasteiger partial charge in [0.1, 0.15) is 11.4 Å². The molecule has 0 radical (unpaired) electrons. The Hall–Kier alpha value is -2.31. The summed E-state index contributed by atoms with van der Waals surface area (Å²) in [5.74, 6) is 0.913. The van der Waals surface area contributed by atoms with Crippen molar-refractivity contribution in [3.63, 3.8) is 0 Å². The van der Waals surface area contributed by atoms with E-state index in [4.69, 9.17) is 4.74 Å². The molecule has 3 rings (SSSR count). The molecular weight excluding hydrogens is 344 g/mol. The highest BCUT2D eigenvalue weighted by atomic mass is 16.6. The zero-order chi connectivity index (χ0) is 19.4. The van der Waals surface area contributed by atoms with Crippen molar-refractivity contribution in [3.8, 4) is 0 Å². The van der Waals surface area contributed by atoms with Crippen LogP contribution in [0.2, 0.25) is 0 Å². The first-order valence-corrected chi connectivity index (χ1v) is 9.77. The number of carbonyl (C=O) groups excluding carboxylic acids is 2. The molecule has 0 N–H and O–H groups in total. The van der Waals surface area contributed by atoms with Gasteiger partial charge in [-0.05, 0) is 51.7 Å². The first-order chi connectivity index (χ1) is 12.9. The molecule has 2 saturated heterocycles. The van der Waals surface area contributed by atoms with Crippen molar-refractivity contribution in [2.24, 2.45) is 0 Å². The number of piperazine rings is 1. The van der Waals surface area contributed by atoms with Gasteiger partial charge in [-0.2, -0.15) is 0 Å². The lowest BCUT2D eigenvalue weighted by molar-refractivity contribution is -0.121. The predicted octanol–water partition coefficient (Wildman–Crippen LogP) is 2.82. The molecule has 7 nitrogen and oxygen atoms in total. The minimum absolute atomic E-state index is 0.141. The van der Waals surface area contributed by atoms with E-state index in [1.54, 1.807) is 4.90 Å². The number of anilines is 1. The van der Waals surface area contributed by atoms with E-state index in [0.29, 0.717) is 13.1 Å². The summed E-state index contributed by atoms with van der Waals surface area (Å²) < 4.78 is 5.44. The molecule has 1 aromatic rings. The second-order valence-electron chi connectivity index (χ2n) is 8.26. The standard InChI is InChI=1S/C20H30N4O3/c1-20(2,3)27-19(26)23-12-10-22(11-13-23)18-8-7-16(14-21-18)17-6-4-5-9-24(17)15-25/h7-8,14-15,17H,4-6,9-13H2,1-3H3/t17-/m1/s1. The van der Waals surface area contributed by atoms with E-state index in [1.807, 2.05) is 37.9 Å². The Labute approximate surface area is 161 Å². The molecule has 1 atom stereocenters. The molecule has 0 bridgehead atoms. The lowest BCUT2D eigenvalue weighted by Gasteiger charge is -2.36. The highest BCUT2D eigenvalue weighted by Gasteiger charge is 2.27. The summed E-state index contributed by atoms with van der Waals surface area (Å²) in [6, 6.07) is 4.24. The second kappa shape index (κ2) is 8.15. The van der Waals surface area contributed by atoms with Crippen LogP contribution in [0.25, 0.3) is 0 Å². The van der Waals surface area contributed by atoms with Gasteiger partial charge in [0, 0.05) is 38.9 Å². The van der Waals surface area contributed by atoms with Crippen LogP contribution in [0.4, 0.5) is 10.6 Å². The molecule has 2 aliphatic rings. The summed E-state index contributed by atoms with van der Waals surface area (Å²) in [6.07, 6.45) is 5.80. The number of rotatable bonds is 3. The van der Waals surface area contributed by atoms with Crippen molar-refractivity contribution in [3.05, 3.63) is 23.9 Å². The van der Waals surface area contributed by atoms with Gasteiger partial charge in [0.25, 0.3) is 0 Å². The molecule has 148 valence electrons. The molecule has 1 aromatic heterocycles. The largest absolute Gasteiger partial charge is 0.444 e. The van der Waals surface area contributed by atoms with E-state index in [1.165, 1.54) is 0 Å². The quantitative estimate of drug-likeness (QED) is 0.761. The lowest BCUT2D eigenvalue weighted by Crippen LogP contribution is -2.50. The fraction of sp³-hybridized carbons (Fsp3) is 0.650. The first-order valence-electron chi connectivity index (χ1n) is 9.77. The van der Waals surface area contributed by atoms with Crippen LogP contribution in [0.15, 0.2) is 18.3 Å². The molecule has 2 fully saturated rings. The van der Waals surface area contributed by atoms with Crippen molar-refractivity contribution in [1.82, 2.24) is 14.8 Å². The summed E-state index contributed by atoms with van der Waals surface area (Å²) in [5.41, 5.74) is 0.623. The summed E-state index contributed by atoms with van der Waals surface area (Å²) in [7, 11) is 0. The van der Waals surface area contributed by atoms with E-state index >= 15 is 0 Å². The maximum absolute atomic E-state index is 12.2. The third-order valence-electron chi connectivity index (χ3n) is 5.09. The van der Waals surface area contributed by atoms with Gasteiger partial charge in [-0.3, -0.25) is 4.79 Å². The molecule has 3 heterocycles. The number of hydrogen-bond acceptors (Lipinski definition) is 5. The number of aromatic nitrogens is 1. The molecule has 0 saturated carbocycles. The Morgan fingerprint density at radius 3 is 2.48 bits per heavy atom. The number of carbonyl (C=O) groups is 2. The van der Waals surface area contributed by atoms with Crippen molar-refractivity contribution in [2.45, 2.75) is 51.7 Å². The number of piperidine rings is 1. The molecule has 2 aliphatic heterocycles. The smallest absolute Gasteiger partial charge is 0.410 e. The monoisotopic (exact) mass is 374 g/mol. The topological polar surface area (TPSA) is 66.0 Å². The van der Waals surface area contributed by atoms with Crippen molar-refractivity contribution >= 4 is 18.3 Å². The van der Waals surface area contributed by atoms with Crippen LogP contribution >= 0.6 is 0 Å². The van der Waals surface area contributed by atoms with E-state index in [0.717, 1.165) is 56.7 Å². The van der Waals surface area contributed by atoms with Gasteiger partial charge < -0.3 is 19.4 Å². The molecule has 0 aliphatic carbocycles. The SMILES string of the molecule is CC(C)(C)OC(=O)N1CCN(c2ccc([C@H]3CCCCN3C=O)cn2)CC1. The normalized spacial score (nSPS) is 21.1. The Morgan fingerprint density at radius 2 is 1.89 bits per heavy atom. The number of hydrogen-bond donors (Lipinski definition) is 0. The van der Waals surface area contributed by atoms with Crippen LogP contribution < -0.4 is 4.90 Å². The molecule has 7 heteroatoms. The summed E-state index contributed by atoms with van der Waals surface area (Å²) in [5, 5.41) is 0. The van der Waals surface area contributed by atoms with Crippen LogP contribution in [-0.4, -0.2) is 65.6 Å². The molecule has 0 spiro atoms. The lowest BCUT2D eigenvalue weighted by atomic mass is 9.97. The summed E-state index contributed by atoms with van der Waals surface area (Å²) in [4.78, 5) is 33.9. The second-order valence-corrected chi connectivity index (χ2v) is 8.26. The fourth-order valence-corrected chi connectivity index (χ4v) is 3.66. The van der Waals surface area contributed by atoms with Gasteiger partial charge >= 0.3 is 6.09 Å². The molecule has 0 aromatic carbocycles. The Kier molecular flexibility index (Phi) is 5.87. The highest BCUT2D eigenvalue weighted by molar-refractivity contribution is 5.68. The van der Waals surface area contributed by atoms with Gasteiger partial charge in [0.05, 0.1) is 6.04 Å². The number of nitrogens with zero attached hydrogens (tertiary/aromatic N) is 4. The number of pyridine rings is 1. The third kappa shape index (κ3) is 4.90. The van der Waals surface area contributed by atoms with Gasteiger partial charge in [-0.1, -0.05) is 6.07 Å². The molecular formula is C20H30N4O3. The Morgan fingerprint density at radius 1 is 1.15 bits per heavy atom. The number of amides is 2. The summed E-state index contributed by atoms with van der Waals surface area (Å²) >= 11 is 0. The average Bonchev–Trinajstić information content (AvgIpc) is 2.67. The van der Waals surface area contributed by atoms with Crippen molar-refractivity contribution < 1.29 is 14.3 Å². The minimum Gasteiger partial charge on any atom is -0.444 e. The van der Waals surface area contributed by atoms with Gasteiger partial charge in [-0.25, -0.2) is 9.78 Å². The van der Waals surface area contributed by atoms with Crippen LogP contribution in [0.3, 0.4) is 0 Å². The predicted molar refractivity (Wildman–Crippen MR) is 104 cm³/mol. The van der Waals surface area contributed by atoms with E-state index < -0.39 is 5.60 Å². The van der Waals surface area contributed by atoms with Crippen LogP contribution in [0.1, 0.15) is 51.6 Å². The highest BCUT2D eigenvalue weighted by Crippen LogP contribution is 2.30. The van der Waals surface area contributed by atoms with Gasteiger partial charge in [0.2, 0.25) is 6.41 Å². The van der Waals surface area contributed by atoms with Crippen LogP contribution in [0, 0.1) is 0 Å². The number of ether oxygens (including phenoxy) is 1. The van der Waals surface area contributed by atoms with Crippen LogP contribution in [-0.2, 0) is 9.53 Å². The van der Waals surface area contributed by atoms with Crippen molar-refractivity contribution in [2.75, 3.05) is 37.6 Å².